The van der Waals surface area contributed by atoms with Crippen molar-refractivity contribution in [3.63, 3.8) is 0 Å². The number of aryl methyl sites for hydroxylation is 1. The van der Waals surface area contributed by atoms with Crippen LogP contribution in [0.3, 0.4) is 0 Å². The number of rotatable bonds is 4. The Morgan fingerprint density at radius 3 is 2.81 bits per heavy atom. The highest BCUT2D eigenvalue weighted by Gasteiger charge is 2.24. The minimum atomic E-state index is -0.0155. The summed E-state index contributed by atoms with van der Waals surface area (Å²) in [4.78, 5) is 17.4. The van der Waals surface area contributed by atoms with Crippen LogP contribution in [-0.4, -0.2) is 73.7 Å². The molecule has 3 aromatic heterocycles. The van der Waals surface area contributed by atoms with Crippen LogP contribution >= 0.6 is 0 Å². The first kappa shape index (κ1) is 20.0. The van der Waals surface area contributed by atoms with Gasteiger partial charge in [-0.3, -0.25) is 9.48 Å². The summed E-state index contributed by atoms with van der Waals surface area (Å²) < 4.78 is 8.63. The van der Waals surface area contributed by atoms with Crippen LogP contribution in [0.15, 0.2) is 48.8 Å². The summed E-state index contributed by atoms with van der Waals surface area (Å²) in [5, 5.41) is 17.0. The Hall–Kier alpha value is -3.95. The molecule has 0 atom stereocenters. The molecule has 1 fully saturated rings. The highest BCUT2D eigenvalue weighted by atomic mass is 16.5. The van der Waals surface area contributed by atoms with Crippen molar-refractivity contribution in [2.24, 2.45) is 7.05 Å². The van der Waals surface area contributed by atoms with Gasteiger partial charge in [0.15, 0.2) is 5.65 Å². The highest BCUT2D eigenvalue weighted by Crippen LogP contribution is 2.24. The second kappa shape index (κ2) is 8.29. The molecule has 164 valence electrons. The molecule has 0 radical (unpaired) electrons. The van der Waals surface area contributed by atoms with Gasteiger partial charge in [-0.25, -0.2) is 0 Å². The number of carbonyl (C=O) groups excluding carboxylic acids is 1. The van der Waals surface area contributed by atoms with Crippen LogP contribution in [0.2, 0.25) is 0 Å². The Kier molecular flexibility index (Phi) is 5.18. The van der Waals surface area contributed by atoms with E-state index in [-0.39, 0.29) is 5.91 Å². The van der Waals surface area contributed by atoms with Crippen molar-refractivity contribution in [1.82, 2.24) is 34.5 Å². The molecule has 0 spiro atoms. The number of fused-ring (bicyclic) bond motifs is 1. The zero-order valence-corrected chi connectivity index (χ0v) is 18.0. The molecule has 1 aliphatic heterocycles. The number of carbonyl (C=O) groups is 1. The molecule has 5 rings (SSSR count). The number of aromatic nitrogens is 6. The Morgan fingerprint density at radius 2 is 1.94 bits per heavy atom. The number of benzene rings is 1. The third kappa shape index (κ3) is 3.75. The lowest BCUT2D eigenvalue weighted by molar-refractivity contribution is 0.0756. The predicted octanol–water partition coefficient (Wildman–Crippen LogP) is 1.89. The van der Waals surface area contributed by atoms with Gasteiger partial charge in [-0.1, -0.05) is 12.1 Å². The van der Waals surface area contributed by atoms with E-state index in [4.69, 9.17) is 4.74 Å². The number of nitrogens with zero attached hydrogens (tertiary/aromatic N) is 8. The number of ether oxygens (including phenoxy) is 1. The number of hydrogen-bond acceptors (Lipinski definition) is 7. The lowest BCUT2D eigenvalue weighted by Crippen LogP contribution is -2.36. The Labute approximate surface area is 185 Å². The van der Waals surface area contributed by atoms with Crippen LogP contribution in [0.25, 0.3) is 16.9 Å². The molecule has 0 saturated carbocycles. The van der Waals surface area contributed by atoms with E-state index in [1.165, 1.54) is 0 Å². The van der Waals surface area contributed by atoms with Gasteiger partial charge >= 0.3 is 0 Å². The van der Waals surface area contributed by atoms with Gasteiger partial charge in [-0.05, 0) is 36.8 Å². The van der Waals surface area contributed by atoms with Crippen molar-refractivity contribution in [1.29, 1.82) is 0 Å². The molecule has 4 heterocycles. The zero-order chi connectivity index (χ0) is 22.1. The maximum atomic E-state index is 13.3. The van der Waals surface area contributed by atoms with E-state index in [0.29, 0.717) is 31.0 Å². The molecule has 4 aromatic rings. The first-order chi connectivity index (χ1) is 15.6. The maximum absolute atomic E-state index is 13.3. The molecule has 1 aliphatic rings. The van der Waals surface area contributed by atoms with E-state index >= 15 is 0 Å². The van der Waals surface area contributed by atoms with Gasteiger partial charge in [-0.15, -0.1) is 15.3 Å². The molecule has 0 N–H and O–H groups in total. The third-order valence-electron chi connectivity index (χ3n) is 5.72. The fourth-order valence-electron chi connectivity index (χ4n) is 3.99. The average molecular weight is 432 g/mol. The first-order valence-electron chi connectivity index (χ1n) is 10.5. The van der Waals surface area contributed by atoms with Gasteiger partial charge in [-0.2, -0.15) is 9.61 Å². The fourth-order valence-corrected chi connectivity index (χ4v) is 3.99. The molecular formula is C22H24N8O2. The zero-order valence-electron chi connectivity index (χ0n) is 18.0. The Balaban J connectivity index is 1.32. The molecule has 0 unspecified atom stereocenters. The molecular weight excluding hydrogens is 408 g/mol. The summed E-state index contributed by atoms with van der Waals surface area (Å²) in [7, 11) is 3.44. The van der Waals surface area contributed by atoms with Crippen LogP contribution in [0.5, 0.6) is 5.75 Å². The molecule has 32 heavy (non-hydrogen) atoms. The fraction of sp³-hybridized carbons (Fsp3) is 0.318. The first-order valence-corrected chi connectivity index (χ1v) is 10.5. The van der Waals surface area contributed by atoms with Crippen molar-refractivity contribution in [2.45, 2.75) is 6.42 Å². The van der Waals surface area contributed by atoms with Gasteiger partial charge < -0.3 is 14.5 Å². The summed E-state index contributed by atoms with van der Waals surface area (Å²) in [6.45, 7) is 2.82. The summed E-state index contributed by atoms with van der Waals surface area (Å²) in [6, 6.07) is 13.4. The lowest BCUT2D eigenvalue weighted by Gasteiger charge is -2.22. The normalized spacial score (nSPS) is 14.6. The summed E-state index contributed by atoms with van der Waals surface area (Å²) >= 11 is 0. The molecule has 0 bridgehead atoms. The van der Waals surface area contributed by atoms with E-state index in [1.807, 2.05) is 47.4 Å². The molecule has 1 amide bonds. The number of anilines is 1. The number of methoxy groups -OCH3 is 1. The SMILES string of the molecule is COc1cccc(-c2cc(C(=O)N3CCCN(c4ccc5nncn5n4)CC3)n(C)n2)c1. The van der Waals surface area contributed by atoms with Crippen molar-refractivity contribution in [3.8, 4) is 17.0 Å². The standard InChI is InChI=1S/C22H24N8O2/c1-27-19(14-18(25-27)16-5-3-6-17(13-16)32-2)22(31)29-10-4-9-28(11-12-29)21-8-7-20-24-23-15-30(20)26-21/h3,5-8,13-15H,4,9-12H2,1-2H3. The summed E-state index contributed by atoms with van der Waals surface area (Å²) in [5.41, 5.74) is 2.94. The molecule has 10 heteroatoms. The minimum absolute atomic E-state index is 0.0155. The largest absolute Gasteiger partial charge is 0.497 e. The topological polar surface area (TPSA) is 93.7 Å². The van der Waals surface area contributed by atoms with Crippen LogP contribution < -0.4 is 9.64 Å². The second-order valence-electron chi connectivity index (χ2n) is 7.73. The van der Waals surface area contributed by atoms with Crippen LogP contribution in [-0.2, 0) is 7.05 Å². The molecule has 1 saturated heterocycles. The van der Waals surface area contributed by atoms with Crippen molar-refractivity contribution >= 4 is 17.4 Å². The maximum Gasteiger partial charge on any atom is 0.272 e. The molecule has 1 aromatic carbocycles. The van der Waals surface area contributed by atoms with E-state index in [0.717, 1.165) is 35.8 Å². The van der Waals surface area contributed by atoms with Crippen molar-refractivity contribution < 1.29 is 9.53 Å². The van der Waals surface area contributed by atoms with E-state index in [9.17, 15) is 4.79 Å². The van der Waals surface area contributed by atoms with E-state index in [2.05, 4.69) is 25.3 Å². The molecule has 10 nitrogen and oxygen atoms in total. The quantitative estimate of drug-likeness (QED) is 0.486. The monoisotopic (exact) mass is 432 g/mol. The van der Waals surface area contributed by atoms with Crippen LogP contribution in [0, 0.1) is 0 Å². The minimum Gasteiger partial charge on any atom is -0.497 e. The van der Waals surface area contributed by atoms with Gasteiger partial charge in [0.2, 0.25) is 0 Å². The van der Waals surface area contributed by atoms with Crippen molar-refractivity contribution in [3.05, 3.63) is 54.5 Å². The van der Waals surface area contributed by atoms with Crippen molar-refractivity contribution in [2.75, 3.05) is 38.2 Å². The molecule has 0 aliphatic carbocycles. The summed E-state index contributed by atoms with van der Waals surface area (Å²) in [5.74, 6) is 1.59. The Morgan fingerprint density at radius 1 is 1.03 bits per heavy atom. The average Bonchev–Trinajstić information content (AvgIpc) is 3.37. The smallest absolute Gasteiger partial charge is 0.272 e. The van der Waals surface area contributed by atoms with Crippen LogP contribution in [0.1, 0.15) is 16.9 Å². The van der Waals surface area contributed by atoms with Gasteiger partial charge in [0, 0.05) is 38.8 Å². The highest BCUT2D eigenvalue weighted by molar-refractivity contribution is 5.93. The van der Waals surface area contributed by atoms with E-state index < -0.39 is 0 Å². The predicted molar refractivity (Wildman–Crippen MR) is 119 cm³/mol. The van der Waals surface area contributed by atoms with Gasteiger partial charge in [0.25, 0.3) is 5.91 Å². The number of amides is 1. The third-order valence-corrected chi connectivity index (χ3v) is 5.72. The second-order valence-corrected chi connectivity index (χ2v) is 7.73. The lowest BCUT2D eigenvalue weighted by atomic mass is 10.1. The van der Waals surface area contributed by atoms with E-state index in [1.54, 1.807) is 29.7 Å². The van der Waals surface area contributed by atoms with Gasteiger partial charge in [0.05, 0.1) is 12.8 Å². The Bertz CT molecular complexity index is 1260. The summed E-state index contributed by atoms with van der Waals surface area (Å²) in [6.07, 6.45) is 2.45. The number of hydrogen-bond donors (Lipinski definition) is 0. The van der Waals surface area contributed by atoms with Gasteiger partial charge in [0.1, 0.15) is 23.6 Å². The van der Waals surface area contributed by atoms with Crippen LogP contribution in [0.4, 0.5) is 5.82 Å².